The Kier molecular flexibility index (Phi) is 5.12. The van der Waals surface area contributed by atoms with Crippen LogP contribution in [0.1, 0.15) is 30.9 Å². The molecule has 0 radical (unpaired) electrons. The normalized spacial score (nSPS) is 29.6. The summed E-state index contributed by atoms with van der Waals surface area (Å²) in [6.45, 7) is 3.19. The number of aliphatic carboxylic acids is 1. The lowest BCUT2D eigenvalue weighted by atomic mass is 9.77. The molecule has 4 nitrogen and oxygen atoms in total. The molecule has 0 aromatic heterocycles. The van der Waals surface area contributed by atoms with Crippen LogP contribution < -0.4 is 0 Å². The van der Waals surface area contributed by atoms with Gasteiger partial charge in [-0.2, -0.15) is 0 Å². The fraction of sp³-hybridized carbons (Fsp3) is 0.529. The van der Waals surface area contributed by atoms with E-state index in [0.717, 1.165) is 32.5 Å². The van der Waals surface area contributed by atoms with E-state index in [2.05, 4.69) is 31.2 Å². The highest BCUT2D eigenvalue weighted by atomic mass is 16.5. The number of rotatable bonds is 3. The van der Waals surface area contributed by atoms with Gasteiger partial charge in [0, 0.05) is 18.8 Å². The molecule has 2 heterocycles. The molecular weight excluding hydrogens is 268 g/mol. The molecule has 2 saturated heterocycles. The van der Waals surface area contributed by atoms with E-state index in [1.807, 2.05) is 0 Å². The Morgan fingerprint density at radius 2 is 2.05 bits per heavy atom. The Balaban J connectivity index is 0.000000361. The highest BCUT2D eigenvalue weighted by Crippen LogP contribution is 2.43. The van der Waals surface area contributed by atoms with Crippen molar-refractivity contribution >= 4 is 12.3 Å². The number of carbonyl (C=O) groups is 2. The van der Waals surface area contributed by atoms with Crippen molar-refractivity contribution in [2.45, 2.75) is 45.3 Å². The number of benzene rings is 1. The predicted molar refractivity (Wildman–Crippen MR) is 79.1 cm³/mol. The first-order valence-electron chi connectivity index (χ1n) is 7.37. The molecule has 114 valence electrons. The minimum Gasteiger partial charge on any atom is -0.481 e. The van der Waals surface area contributed by atoms with E-state index < -0.39 is 5.97 Å². The SMILES string of the molecule is CC(=O)O.Cc1cccc(C[C@H]2[C@@H](C=O)[C@H]3CC[C@@H]2O3)c1. The molecule has 0 spiro atoms. The minimum absolute atomic E-state index is 0.120. The molecule has 0 unspecified atom stereocenters. The van der Waals surface area contributed by atoms with Crippen LogP contribution in [-0.4, -0.2) is 29.6 Å². The monoisotopic (exact) mass is 290 g/mol. The molecule has 2 aliphatic rings. The molecule has 1 aromatic carbocycles. The van der Waals surface area contributed by atoms with Crippen LogP contribution in [0.25, 0.3) is 0 Å². The zero-order chi connectivity index (χ0) is 15.4. The summed E-state index contributed by atoms with van der Waals surface area (Å²) in [7, 11) is 0. The van der Waals surface area contributed by atoms with Crippen molar-refractivity contribution < 1.29 is 19.4 Å². The van der Waals surface area contributed by atoms with Gasteiger partial charge in [0.05, 0.1) is 12.2 Å². The Bertz CT molecular complexity index is 507. The van der Waals surface area contributed by atoms with Crippen LogP contribution in [-0.2, 0) is 20.7 Å². The maximum Gasteiger partial charge on any atom is 0.300 e. The first kappa shape index (κ1) is 15.7. The van der Waals surface area contributed by atoms with E-state index in [1.165, 1.54) is 11.1 Å². The highest BCUT2D eigenvalue weighted by molar-refractivity contribution is 5.63. The quantitative estimate of drug-likeness (QED) is 0.869. The topological polar surface area (TPSA) is 63.6 Å². The third-order valence-electron chi connectivity index (χ3n) is 4.20. The van der Waals surface area contributed by atoms with E-state index in [4.69, 9.17) is 14.6 Å². The molecule has 0 aliphatic carbocycles. The van der Waals surface area contributed by atoms with E-state index in [-0.39, 0.29) is 12.0 Å². The number of carboxylic acid groups (broad SMARTS) is 1. The molecule has 4 atom stereocenters. The molecule has 0 amide bonds. The third kappa shape index (κ3) is 3.91. The molecule has 1 N–H and O–H groups in total. The number of fused-ring (bicyclic) bond motifs is 2. The van der Waals surface area contributed by atoms with E-state index in [9.17, 15) is 4.79 Å². The lowest BCUT2D eigenvalue weighted by Gasteiger charge is -2.23. The Morgan fingerprint density at radius 3 is 2.67 bits per heavy atom. The lowest BCUT2D eigenvalue weighted by molar-refractivity contribution is -0.134. The molecule has 21 heavy (non-hydrogen) atoms. The van der Waals surface area contributed by atoms with Crippen molar-refractivity contribution in [3.05, 3.63) is 35.4 Å². The van der Waals surface area contributed by atoms with Crippen LogP contribution >= 0.6 is 0 Å². The first-order chi connectivity index (χ1) is 10.0. The van der Waals surface area contributed by atoms with Gasteiger partial charge in [-0.25, -0.2) is 0 Å². The van der Waals surface area contributed by atoms with Crippen LogP contribution in [0.2, 0.25) is 0 Å². The van der Waals surface area contributed by atoms with Crippen LogP contribution in [0, 0.1) is 18.8 Å². The fourth-order valence-corrected chi connectivity index (χ4v) is 3.38. The Morgan fingerprint density at radius 1 is 1.38 bits per heavy atom. The molecule has 0 saturated carbocycles. The number of hydrogen-bond acceptors (Lipinski definition) is 3. The number of aldehydes is 1. The number of carbonyl (C=O) groups excluding carboxylic acids is 1. The van der Waals surface area contributed by atoms with Gasteiger partial charge in [0.1, 0.15) is 6.29 Å². The molecule has 2 bridgehead atoms. The van der Waals surface area contributed by atoms with Crippen LogP contribution in [0.3, 0.4) is 0 Å². The lowest BCUT2D eigenvalue weighted by Crippen LogP contribution is -2.29. The summed E-state index contributed by atoms with van der Waals surface area (Å²) in [4.78, 5) is 20.2. The maximum absolute atomic E-state index is 11.2. The van der Waals surface area contributed by atoms with Gasteiger partial charge in [-0.1, -0.05) is 29.8 Å². The van der Waals surface area contributed by atoms with Gasteiger partial charge < -0.3 is 14.6 Å². The second-order valence-corrected chi connectivity index (χ2v) is 5.88. The first-order valence-corrected chi connectivity index (χ1v) is 7.37. The third-order valence-corrected chi connectivity index (χ3v) is 4.20. The number of aryl methyl sites for hydroxylation is 1. The minimum atomic E-state index is -0.833. The van der Waals surface area contributed by atoms with Crippen LogP contribution in [0.5, 0.6) is 0 Å². The second-order valence-electron chi connectivity index (χ2n) is 5.88. The standard InChI is InChI=1S/C15H18O2.C2H4O2/c1-10-3-2-4-11(7-10)8-12-13(9-16)15-6-5-14(12)17-15;1-2(3)4/h2-4,7,9,12-15H,5-6,8H2,1H3;1H3,(H,3,4)/t12-,13+,14-,15+;/m0./s1. The fourth-order valence-electron chi connectivity index (χ4n) is 3.38. The van der Waals surface area contributed by atoms with Gasteiger partial charge in [0.15, 0.2) is 0 Å². The predicted octanol–water partition coefficient (Wildman–Crippen LogP) is 2.62. The number of ether oxygens (including phenoxy) is 1. The van der Waals surface area contributed by atoms with Crippen molar-refractivity contribution in [3.63, 3.8) is 0 Å². The summed E-state index contributed by atoms with van der Waals surface area (Å²) < 4.78 is 5.86. The van der Waals surface area contributed by atoms with E-state index in [1.54, 1.807) is 0 Å². The van der Waals surface area contributed by atoms with Crippen molar-refractivity contribution in [2.75, 3.05) is 0 Å². The zero-order valence-electron chi connectivity index (χ0n) is 12.5. The Labute approximate surface area is 125 Å². The van der Waals surface area contributed by atoms with Crippen LogP contribution in [0.15, 0.2) is 24.3 Å². The van der Waals surface area contributed by atoms with Crippen molar-refractivity contribution in [2.24, 2.45) is 11.8 Å². The molecular formula is C17H22O4. The van der Waals surface area contributed by atoms with Crippen molar-refractivity contribution in [1.82, 2.24) is 0 Å². The smallest absolute Gasteiger partial charge is 0.300 e. The largest absolute Gasteiger partial charge is 0.481 e. The van der Waals surface area contributed by atoms with Crippen molar-refractivity contribution in [1.29, 1.82) is 0 Å². The summed E-state index contributed by atoms with van der Waals surface area (Å²) in [6, 6.07) is 8.57. The van der Waals surface area contributed by atoms with Gasteiger partial charge >= 0.3 is 0 Å². The summed E-state index contributed by atoms with van der Waals surface area (Å²) in [5, 5.41) is 7.42. The average molecular weight is 290 g/mol. The molecule has 4 heteroatoms. The highest BCUT2D eigenvalue weighted by Gasteiger charge is 2.48. The number of hydrogen-bond donors (Lipinski definition) is 1. The molecule has 2 fully saturated rings. The molecule has 3 rings (SSSR count). The van der Waals surface area contributed by atoms with Crippen LogP contribution in [0.4, 0.5) is 0 Å². The maximum atomic E-state index is 11.2. The molecule has 1 aromatic rings. The van der Waals surface area contributed by atoms with Gasteiger partial charge in [-0.3, -0.25) is 4.79 Å². The van der Waals surface area contributed by atoms with Gasteiger partial charge in [-0.05, 0) is 31.7 Å². The van der Waals surface area contributed by atoms with Gasteiger partial charge in [0.25, 0.3) is 5.97 Å². The summed E-state index contributed by atoms with van der Waals surface area (Å²) >= 11 is 0. The average Bonchev–Trinajstić information content (AvgIpc) is 2.99. The second kappa shape index (κ2) is 6.85. The van der Waals surface area contributed by atoms with Gasteiger partial charge in [-0.15, -0.1) is 0 Å². The Hall–Kier alpha value is -1.68. The van der Waals surface area contributed by atoms with Crippen molar-refractivity contribution in [3.8, 4) is 0 Å². The summed E-state index contributed by atoms with van der Waals surface area (Å²) in [6.07, 6.45) is 4.81. The van der Waals surface area contributed by atoms with Gasteiger partial charge in [0.2, 0.25) is 0 Å². The molecule has 2 aliphatic heterocycles. The van der Waals surface area contributed by atoms with E-state index in [0.29, 0.717) is 12.0 Å². The summed E-state index contributed by atoms with van der Waals surface area (Å²) in [5.74, 6) is -0.317. The zero-order valence-corrected chi connectivity index (χ0v) is 12.5. The number of carboxylic acids is 1. The van der Waals surface area contributed by atoms with E-state index >= 15 is 0 Å². The summed E-state index contributed by atoms with van der Waals surface area (Å²) in [5.41, 5.74) is 2.62.